The summed E-state index contributed by atoms with van der Waals surface area (Å²) in [4.78, 5) is 0. The molecule has 1 aliphatic rings. The molecule has 0 amide bonds. The molecule has 0 saturated carbocycles. The van der Waals surface area contributed by atoms with Crippen LogP contribution in [0.1, 0.15) is 30.4 Å². The Kier molecular flexibility index (Phi) is 1.99. The van der Waals surface area contributed by atoms with Gasteiger partial charge in [0.15, 0.2) is 0 Å². The van der Waals surface area contributed by atoms with Crippen molar-refractivity contribution in [1.82, 2.24) is 0 Å². The van der Waals surface area contributed by atoms with Crippen molar-refractivity contribution < 1.29 is 0 Å². The van der Waals surface area contributed by atoms with Crippen molar-refractivity contribution in [2.24, 2.45) is 0 Å². The van der Waals surface area contributed by atoms with E-state index in [0.29, 0.717) is 5.92 Å². The molecule has 0 heterocycles. The van der Waals surface area contributed by atoms with Gasteiger partial charge in [-0.1, -0.05) is 43.3 Å². The predicted molar refractivity (Wildman–Crippen MR) is 52.3 cm³/mol. The van der Waals surface area contributed by atoms with E-state index in [1.54, 1.807) is 0 Å². The van der Waals surface area contributed by atoms with Gasteiger partial charge in [-0.25, -0.2) is 0 Å². The molecule has 1 aromatic carbocycles. The van der Waals surface area contributed by atoms with E-state index >= 15 is 0 Å². The van der Waals surface area contributed by atoms with Crippen LogP contribution >= 0.6 is 0 Å². The van der Waals surface area contributed by atoms with Crippen LogP contribution in [-0.2, 0) is 6.42 Å². The number of rotatable bonds is 0. The Morgan fingerprint density at radius 1 is 1.25 bits per heavy atom. The molecule has 0 radical (unpaired) electrons. The minimum Gasteiger partial charge on any atom is -0.0876 e. The standard InChI is InChI=1S/C12H14/c1-10-6-2-3-7-11-8-4-5-9-12(10)11/h2,4-6,8-10H,3,7H2,1H3/t10-/m0/s1. The monoisotopic (exact) mass is 158 g/mol. The number of benzene rings is 1. The summed E-state index contributed by atoms with van der Waals surface area (Å²) in [5.74, 6) is 0.601. The summed E-state index contributed by atoms with van der Waals surface area (Å²) in [6.45, 7) is 2.26. The second kappa shape index (κ2) is 3.14. The quantitative estimate of drug-likeness (QED) is 0.508. The first kappa shape index (κ1) is 7.60. The normalized spacial score (nSPS) is 21.6. The lowest BCUT2D eigenvalue weighted by Crippen LogP contribution is -1.93. The highest BCUT2D eigenvalue weighted by atomic mass is 14.1. The topological polar surface area (TPSA) is 0 Å². The Hall–Kier alpha value is -1.04. The SMILES string of the molecule is C[C@H]1C=CCCc2ccccc21. The van der Waals surface area contributed by atoms with Crippen LogP contribution in [0.15, 0.2) is 36.4 Å². The molecule has 0 bridgehead atoms. The van der Waals surface area contributed by atoms with Gasteiger partial charge in [0.25, 0.3) is 0 Å². The van der Waals surface area contributed by atoms with Crippen LogP contribution in [0.4, 0.5) is 0 Å². The van der Waals surface area contributed by atoms with Gasteiger partial charge in [0, 0.05) is 0 Å². The number of hydrogen-bond acceptors (Lipinski definition) is 0. The van der Waals surface area contributed by atoms with Gasteiger partial charge < -0.3 is 0 Å². The summed E-state index contributed by atoms with van der Waals surface area (Å²) in [7, 11) is 0. The van der Waals surface area contributed by atoms with Gasteiger partial charge in [-0.3, -0.25) is 0 Å². The zero-order chi connectivity index (χ0) is 8.39. The van der Waals surface area contributed by atoms with Crippen LogP contribution in [0.25, 0.3) is 0 Å². The van der Waals surface area contributed by atoms with Gasteiger partial charge in [0.2, 0.25) is 0 Å². The molecule has 0 heteroatoms. The van der Waals surface area contributed by atoms with Crippen LogP contribution < -0.4 is 0 Å². The van der Waals surface area contributed by atoms with E-state index in [0.717, 1.165) is 0 Å². The third kappa shape index (κ3) is 1.29. The lowest BCUT2D eigenvalue weighted by molar-refractivity contribution is 0.943. The largest absolute Gasteiger partial charge is 0.0876 e. The van der Waals surface area contributed by atoms with E-state index in [1.807, 2.05) is 0 Å². The molecule has 0 aromatic heterocycles. The van der Waals surface area contributed by atoms with E-state index in [2.05, 4.69) is 43.3 Å². The van der Waals surface area contributed by atoms with Gasteiger partial charge in [-0.05, 0) is 29.9 Å². The highest BCUT2D eigenvalue weighted by Gasteiger charge is 2.08. The van der Waals surface area contributed by atoms with Crippen molar-refractivity contribution in [2.75, 3.05) is 0 Å². The summed E-state index contributed by atoms with van der Waals surface area (Å²) >= 11 is 0. The molecule has 2 rings (SSSR count). The van der Waals surface area contributed by atoms with Crippen molar-refractivity contribution in [3.05, 3.63) is 47.5 Å². The summed E-state index contributed by atoms with van der Waals surface area (Å²) in [5, 5.41) is 0. The van der Waals surface area contributed by atoms with E-state index in [9.17, 15) is 0 Å². The Morgan fingerprint density at radius 2 is 2.08 bits per heavy atom. The molecular weight excluding hydrogens is 144 g/mol. The summed E-state index contributed by atoms with van der Waals surface area (Å²) < 4.78 is 0. The van der Waals surface area contributed by atoms with Crippen molar-refractivity contribution in [1.29, 1.82) is 0 Å². The Bertz CT molecular complexity index is 297. The molecule has 0 unspecified atom stereocenters. The average Bonchev–Trinajstić information content (AvgIpc) is 2.29. The van der Waals surface area contributed by atoms with E-state index in [1.165, 1.54) is 24.0 Å². The Labute approximate surface area is 73.9 Å². The molecule has 0 saturated heterocycles. The minimum absolute atomic E-state index is 0.601. The number of allylic oxidation sites excluding steroid dienone is 2. The maximum absolute atomic E-state index is 2.31. The second-order valence-corrected chi connectivity index (χ2v) is 3.45. The Morgan fingerprint density at radius 3 is 3.00 bits per heavy atom. The zero-order valence-corrected chi connectivity index (χ0v) is 7.46. The van der Waals surface area contributed by atoms with Gasteiger partial charge >= 0.3 is 0 Å². The fourth-order valence-electron chi connectivity index (χ4n) is 1.85. The number of aryl methyl sites for hydroxylation is 1. The van der Waals surface area contributed by atoms with Crippen LogP contribution in [0.3, 0.4) is 0 Å². The average molecular weight is 158 g/mol. The minimum atomic E-state index is 0.601. The summed E-state index contributed by atoms with van der Waals surface area (Å²) in [6, 6.07) is 8.76. The maximum Gasteiger partial charge on any atom is -0.000771 e. The van der Waals surface area contributed by atoms with Crippen molar-refractivity contribution in [3.63, 3.8) is 0 Å². The zero-order valence-electron chi connectivity index (χ0n) is 7.46. The smallest absolute Gasteiger partial charge is 0.000771 e. The molecule has 0 nitrogen and oxygen atoms in total. The van der Waals surface area contributed by atoms with Gasteiger partial charge in [0.1, 0.15) is 0 Å². The van der Waals surface area contributed by atoms with E-state index in [4.69, 9.17) is 0 Å². The number of fused-ring (bicyclic) bond motifs is 1. The summed E-state index contributed by atoms with van der Waals surface area (Å²) in [5.41, 5.74) is 3.03. The molecule has 0 spiro atoms. The lowest BCUT2D eigenvalue weighted by atomic mass is 9.96. The van der Waals surface area contributed by atoms with Crippen molar-refractivity contribution in [3.8, 4) is 0 Å². The third-order valence-electron chi connectivity index (χ3n) is 2.55. The Balaban J connectivity index is 2.46. The van der Waals surface area contributed by atoms with Crippen molar-refractivity contribution in [2.45, 2.75) is 25.7 Å². The first-order valence-corrected chi connectivity index (χ1v) is 4.62. The van der Waals surface area contributed by atoms with Crippen molar-refractivity contribution >= 4 is 0 Å². The van der Waals surface area contributed by atoms with Crippen LogP contribution in [0.2, 0.25) is 0 Å². The molecule has 1 aromatic rings. The van der Waals surface area contributed by atoms with Gasteiger partial charge in [0.05, 0.1) is 0 Å². The molecule has 0 N–H and O–H groups in total. The molecule has 0 aliphatic heterocycles. The van der Waals surface area contributed by atoms with Gasteiger partial charge in [-0.2, -0.15) is 0 Å². The van der Waals surface area contributed by atoms with Gasteiger partial charge in [-0.15, -0.1) is 0 Å². The maximum atomic E-state index is 2.31. The van der Waals surface area contributed by atoms with E-state index in [-0.39, 0.29) is 0 Å². The molecule has 1 aliphatic carbocycles. The molecule has 62 valence electrons. The fourth-order valence-corrected chi connectivity index (χ4v) is 1.85. The highest BCUT2D eigenvalue weighted by Crippen LogP contribution is 2.25. The second-order valence-electron chi connectivity index (χ2n) is 3.45. The van der Waals surface area contributed by atoms with Crippen LogP contribution in [-0.4, -0.2) is 0 Å². The third-order valence-corrected chi connectivity index (χ3v) is 2.55. The van der Waals surface area contributed by atoms with Crippen LogP contribution in [0, 0.1) is 0 Å². The molecule has 0 fully saturated rings. The summed E-state index contributed by atoms with van der Waals surface area (Å²) in [6.07, 6.45) is 7.01. The predicted octanol–water partition coefficient (Wildman–Crippen LogP) is 3.29. The number of hydrogen-bond donors (Lipinski definition) is 0. The van der Waals surface area contributed by atoms with E-state index < -0.39 is 0 Å². The molecular formula is C12H14. The fraction of sp³-hybridized carbons (Fsp3) is 0.333. The highest BCUT2D eigenvalue weighted by molar-refractivity contribution is 5.34. The molecule has 1 atom stereocenters. The first-order chi connectivity index (χ1) is 5.88. The molecule has 12 heavy (non-hydrogen) atoms. The first-order valence-electron chi connectivity index (χ1n) is 4.62. The van der Waals surface area contributed by atoms with Crippen LogP contribution in [0.5, 0.6) is 0 Å². The lowest BCUT2D eigenvalue weighted by Gasteiger charge is -2.09.